The van der Waals surface area contributed by atoms with Crippen LogP contribution in [0, 0.1) is 5.82 Å². The lowest BCUT2D eigenvalue weighted by atomic mass is 9.90. The number of aliphatic carboxylic acids is 1. The van der Waals surface area contributed by atoms with Crippen molar-refractivity contribution in [3.05, 3.63) is 53.8 Å². The summed E-state index contributed by atoms with van der Waals surface area (Å²) in [6.45, 7) is 2.91. The van der Waals surface area contributed by atoms with Crippen molar-refractivity contribution in [2.75, 3.05) is 26.3 Å². The SMILES string of the molecule is O=C(O)C1(Oc2cccc(F)c2)CCN(Cc2ccc3c(c2)OCCO3)CC1. The van der Waals surface area contributed by atoms with Crippen LogP contribution in [0.4, 0.5) is 4.39 Å². The molecule has 0 aromatic heterocycles. The first-order chi connectivity index (χ1) is 13.5. The van der Waals surface area contributed by atoms with Crippen molar-refractivity contribution < 1.29 is 28.5 Å². The second-order valence-corrected chi connectivity index (χ2v) is 7.11. The van der Waals surface area contributed by atoms with Crippen molar-refractivity contribution in [1.82, 2.24) is 4.90 Å². The number of carboxylic acid groups (broad SMARTS) is 1. The normalized spacial score (nSPS) is 18.5. The lowest BCUT2D eigenvalue weighted by Crippen LogP contribution is -2.53. The van der Waals surface area contributed by atoms with E-state index < -0.39 is 17.4 Å². The van der Waals surface area contributed by atoms with Crippen molar-refractivity contribution in [3.8, 4) is 17.2 Å². The van der Waals surface area contributed by atoms with Crippen molar-refractivity contribution in [1.29, 1.82) is 0 Å². The molecule has 2 heterocycles. The van der Waals surface area contributed by atoms with Crippen LogP contribution in [0.2, 0.25) is 0 Å². The van der Waals surface area contributed by atoms with Crippen molar-refractivity contribution in [3.63, 3.8) is 0 Å². The van der Waals surface area contributed by atoms with E-state index in [0.717, 1.165) is 17.1 Å². The summed E-state index contributed by atoms with van der Waals surface area (Å²) in [7, 11) is 0. The zero-order chi connectivity index (χ0) is 19.6. The van der Waals surface area contributed by atoms with E-state index in [1.807, 2.05) is 18.2 Å². The molecule has 0 atom stereocenters. The van der Waals surface area contributed by atoms with Gasteiger partial charge in [-0.1, -0.05) is 12.1 Å². The first-order valence-corrected chi connectivity index (χ1v) is 9.33. The van der Waals surface area contributed by atoms with Gasteiger partial charge in [0.2, 0.25) is 5.60 Å². The maximum Gasteiger partial charge on any atom is 0.348 e. The van der Waals surface area contributed by atoms with Gasteiger partial charge in [0.25, 0.3) is 0 Å². The third kappa shape index (κ3) is 3.89. The van der Waals surface area contributed by atoms with Gasteiger partial charge in [0.05, 0.1) is 0 Å². The molecule has 0 saturated carbocycles. The highest BCUT2D eigenvalue weighted by molar-refractivity contribution is 5.78. The fourth-order valence-corrected chi connectivity index (χ4v) is 3.63. The highest BCUT2D eigenvalue weighted by Gasteiger charge is 2.44. The number of nitrogens with zero attached hydrogens (tertiary/aromatic N) is 1. The minimum Gasteiger partial charge on any atom is -0.486 e. The maximum atomic E-state index is 13.4. The first kappa shape index (κ1) is 18.6. The molecule has 0 radical (unpaired) electrons. The van der Waals surface area contributed by atoms with Crippen LogP contribution in [0.25, 0.3) is 0 Å². The fourth-order valence-electron chi connectivity index (χ4n) is 3.63. The van der Waals surface area contributed by atoms with E-state index in [0.29, 0.717) is 45.7 Å². The van der Waals surface area contributed by atoms with Crippen LogP contribution in [0.5, 0.6) is 17.2 Å². The molecule has 2 aromatic rings. The second kappa shape index (κ2) is 7.67. The van der Waals surface area contributed by atoms with E-state index in [9.17, 15) is 14.3 Å². The number of hydrogen-bond acceptors (Lipinski definition) is 5. The monoisotopic (exact) mass is 387 g/mol. The number of carboxylic acids is 1. The fraction of sp³-hybridized carbons (Fsp3) is 0.381. The Hall–Kier alpha value is -2.80. The van der Waals surface area contributed by atoms with Crippen LogP contribution < -0.4 is 14.2 Å². The number of fused-ring (bicyclic) bond motifs is 1. The number of rotatable bonds is 5. The van der Waals surface area contributed by atoms with E-state index in [1.54, 1.807) is 6.07 Å². The molecule has 2 aliphatic heterocycles. The van der Waals surface area contributed by atoms with Crippen LogP contribution in [0.1, 0.15) is 18.4 Å². The summed E-state index contributed by atoms with van der Waals surface area (Å²) >= 11 is 0. The van der Waals surface area contributed by atoms with Gasteiger partial charge in [-0.15, -0.1) is 0 Å². The molecule has 7 heteroatoms. The lowest BCUT2D eigenvalue weighted by molar-refractivity contribution is -0.159. The summed E-state index contributed by atoms with van der Waals surface area (Å²) < 4.78 is 30.3. The molecule has 28 heavy (non-hydrogen) atoms. The van der Waals surface area contributed by atoms with Crippen molar-refractivity contribution in [2.45, 2.75) is 25.0 Å². The number of hydrogen-bond donors (Lipinski definition) is 1. The Morgan fingerprint density at radius 3 is 2.57 bits per heavy atom. The van der Waals surface area contributed by atoms with Crippen LogP contribution in [-0.2, 0) is 11.3 Å². The Bertz CT molecular complexity index is 864. The molecule has 0 bridgehead atoms. The number of ether oxygens (including phenoxy) is 3. The number of benzene rings is 2. The third-order valence-corrected chi connectivity index (χ3v) is 5.18. The molecule has 1 saturated heterocycles. The standard InChI is InChI=1S/C21H22FNO5/c22-16-2-1-3-17(13-16)28-21(20(24)25)6-8-23(9-7-21)14-15-4-5-18-19(12-15)27-11-10-26-18/h1-5,12-13H,6-11,14H2,(H,24,25). The molecule has 2 aliphatic rings. The Morgan fingerprint density at radius 2 is 1.86 bits per heavy atom. The average Bonchev–Trinajstić information content (AvgIpc) is 2.69. The van der Waals surface area contributed by atoms with E-state index in [4.69, 9.17) is 14.2 Å². The first-order valence-electron chi connectivity index (χ1n) is 9.33. The van der Waals surface area contributed by atoms with Crippen molar-refractivity contribution in [2.24, 2.45) is 0 Å². The van der Waals surface area contributed by atoms with Gasteiger partial charge in [0.15, 0.2) is 11.5 Å². The molecule has 6 nitrogen and oxygen atoms in total. The Balaban J connectivity index is 1.41. The van der Waals surface area contributed by atoms with E-state index in [2.05, 4.69) is 4.90 Å². The minimum atomic E-state index is -1.34. The Kier molecular flexibility index (Phi) is 5.09. The van der Waals surface area contributed by atoms with Gasteiger partial charge < -0.3 is 19.3 Å². The summed E-state index contributed by atoms with van der Waals surface area (Å²) in [5, 5.41) is 9.76. The second-order valence-electron chi connectivity index (χ2n) is 7.11. The smallest absolute Gasteiger partial charge is 0.348 e. The largest absolute Gasteiger partial charge is 0.486 e. The molecule has 0 unspecified atom stereocenters. The number of halogens is 1. The summed E-state index contributed by atoms with van der Waals surface area (Å²) in [5.74, 6) is 0.268. The molecule has 2 aromatic carbocycles. The molecular weight excluding hydrogens is 365 g/mol. The quantitative estimate of drug-likeness (QED) is 0.850. The Morgan fingerprint density at radius 1 is 1.11 bits per heavy atom. The predicted molar refractivity (Wildman–Crippen MR) is 99.3 cm³/mol. The van der Waals surface area contributed by atoms with E-state index in [1.165, 1.54) is 18.2 Å². The van der Waals surface area contributed by atoms with Gasteiger partial charge in [-0.3, -0.25) is 4.90 Å². The van der Waals surface area contributed by atoms with Gasteiger partial charge >= 0.3 is 5.97 Å². The summed E-state index contributed by atoms with van der Waals surface area (Å²) in [6, 6.07) is 11.5. The lowest BCUT2D eigenvalue weighted by Gasteiger charge is -2.39. The van der Waals surface area contributed by atoms with Gasteiger partial charge in [-0.05, 0) is 29.8 Å². The van der Waals surface area contributed by atoms with Crippen LogP contribution in [0.3, 0.4) is 0 Å². The van der Waals surface area contributed by atoms with Crippen LogP contribution in [0.15, 0.2) is 42.5 Å². The highest BCUT2D eigenvalue weighted by atomic mass is 19.1. The molecule has 4 rings (SSSR count). The highest BCUT2D eigenvalue weighted by Crippen LogP contribution is 2.33. The molecular formula is C21H22FNO5. The molecule has 1 fully saturated rings. The minimum absolute atomic E-state index is 0.239. The molecule has 0 amide bonds. The summed E-state index contributed by atoms with van der Waals surface area (Å²) in [4.78, 5) is 14.1. The topological polar surface area (TPSA) is 68.2 Å². The average molecular weight is 387 g/mol. The third-order valence-electron chi connectivity index (χ3n) is 5.18. The molecule has 0 aliphatic carbocycles. The maximum absolute atomic E-state index is 13.4. The zero-order valence-corrected chi connectivity index (χ0v) is 15.4. The summed E-state index contributed by atoms with van der Waals surface area (Å²) in [6.07, 6.45) is 0.646. The molecule has 148 valence electrons. The number of carbonyl (C=O) groups is 1. The zero-order valence-electron chi connectivity index (χ0n) is 15.4. The molecule has 1 N–H and O–H groups in total. The van der Waals surface area contributed by atoms with Crippen LogP contribution in [-0.4, -0.2) is 47.9 Å². The van der Waals surface area contributed by atoms with Gasteiger partial charge in [-0.2, -0.15) is 0 Å². The van der Waals surface area contributed by atoms with Gasteiger partial charge in [-0.25, -0.2) is 9.18 Å². The number of piperidine rings is 1. The predicted octanol–water partition coefficient (Wildman–Crippen LogP) is 3.10. The van der Waals surface area contributed by atoms with E-state index >= 15 is 0 Å². The Labute approximate surface area is 162 Å². The summed E-state index contributed by atoms with van der Waals surface area (Å²) in [5.41, 5.74) is -0.255. The van der Waals surface area contributed by atoms with Crippen LogP contribution >= 0.6 is 0 Å². The molecule has 0 spiro atoms. The van der Waals surface area contributed by atoms with E-state index in [-0.39, 0.29) is 5.75 Å². The number of likely N-dealkylation sites (tertiary alicyclic amines) is 1. The van der Waals surface area contributed by atoms with Gasteiger partial charge in [0.1, 0.15) is 24.8 Å². The van der Waals surface area contributed by atoms with Crippen molar-refractivity contribution >= 4 is 5.97 Å². The van der Waals surface area contributed by atoms with Gasteiger partial charge in [0, 0.05) is 38.5 Å².